The molecular formula is C16H23BrN2O. The van der Waals surface area contributed by atoms with Crippen molar-refractivity contribution in [2.75, 3.05) is 26.2 Å². The molecule has 1 saturated carbocycles. The van der Waals surface area contributed by atoms with Gasteiger partial charge in [0.05, 0.1) is 4.47 Å². The smallest absolute Gasteiger partial charge is 0.129 e. The first-order chi connectivity index (χ1) is 9.75. The van der Waals surface area contributed by atoms with E-state index in [2.05, 4.69) is 38.3 Å². The fraction of sp³-hybridized carbons (Fsp3) is 0.625. The SMILES string of the molecule is Oc1ccc([C@H](C2CCCC2)N2CCNCC2)cc1Br. The third-order valence-corrected chi connectivity index (χ3v) is 5.34. The minimum atomic E-state index is 0.333. The lowest BCUT2D eigenvalue weighted by atomic mass is 9.89. The monoisotopic (exact) mass is 338 g/mol. The van der Waals surface area contributed by atoms with E-state index in [9.17, 15) is 5.11 Å². The van der Waals surface area contributed by atoms with Crippen molar-refractivity contribution >= 4 is 15.9 Å². The van der Waals surface area contributed by atoms with Gasteiger partial charge in [-0.15, -0.1) is 0 Å². The Bertz CT molecular complexity index is 454. The molecule has 0 amide bonds. The number of nitrogens with zero attached hydrogens (tertiary/aromatic N) is 1. The van der Waals surface area contributed by atoms with E-state index >= 15 is 0 Å². The van der Waals surface area contributed by atoms with E-state index in [0.717, 1.165) is 36.6 Å². The van der Waals surface area contributed by atoms with Gasteiger partial charge < -0.3 is 10.4 Å². The molecule has 3 rings (SSSR count). The Hall–Kier alpha value is -0.580. The highest BCUT2D eigenvalue weighted by Crippen LogP contribution is 2.41. The van der Waals surface area contributed by atoms with Crippen LogP contribution >= 0.6 is 15.9 Å². The van der Waals surface area contributed by atoms with Gasteiger partial charge in [-0.1, -0.05) is 18.9 Å². The third kappa shape index (κ3) is 3.02. The van der Waals surface area contributed by atoms with E-state index in [1.165, 1.54) is 31.2 Å². The van der Waals surface area contributed by atoms with Crippen molar-refractivity contribution in [3.8, 4) is 5.75 Å². The lowest BCUT2D eigenvalue weighted by Gasteiger charge is -2.38. The summed E-state index contributed by atoms with van der Waals surface area (Å²) >= 11 is 3.47. The van der Waals surface area contributed by atoms with Gasteiger partial charge in [-0.3, -0.25) is 4.90 Å². The average molecular weight is 339 g/mol. The van der Waals surface area contributed by atoms with Crippen LogP contribution in [0.4, 0.5) is 0 Å². The predicted octanol–water partition coefficient (Wildman–Crippen LogP) is 3.29. The van der Waals surface area contributed by atoms with E-state index in [4.69, 9.17) is 0 Å². The number of phenols is 1. The molecule has 0 unspecified atom stereocenters. The van der Waals surface area contributed by atoms with Gasteiger partial charge in [-0.2, -0.15) is 0 Å². The molecule has 0 bridgehead atoms. The summed E-state index contributed by atoms with van der Waals surface area (Å²) in [6, 6.07) is 6.55. The minimum Gasteiger partial charge on any atom is -0.507 e. The molecular weight excluding hydrogens is 316 g/mol. The highest BCUT2D eigenvalue weighted by Gasteiger charge is 2.32. The van der Waals surface area contributed by atoms with Crippen LogP contribution in [0.25, 0.3) is 0 Å². The zero-order valence-electron chi connectivity index (χ0n) is 11.8. The Morgan fingerprint density at radius 1 is 1.20 bits per heavy atom. The lowest BCUT2D eigenvalue weighted by Crippen LogP contribution is -2.46. The van der Waals surface area contributed by atoms with Gasteiger partial charge in [0.15, 0.2) is 0 Å². The second-order valence-electron chi connectivity index (χ2n) is 5.99. The highest BCUT2D eigenvalue weighted by atomic mass is 79.9. The minimum absolute atomic E-state index is 0.333. The van der Waals surface area contributed by atoms with Crippen LogP contribution in [0.5, 0.6) is 5.75 Å². The molecule has 0 aromatic heterocycles. The van der Waals surface area contributed by atoms with Crippen LogP contribution in [0.1, 0.15) is 37.3 Å². The quantitative estimate of drug-likeness (QED) is 0.887. The maximum absolute atomic E-state index is 9.73. The molecule has 1 saturated heterocycles. The number of piperazine rings is 1. The molecule has 20 heavy (non-hydrogen) atoms. The van der Waals surface area contributed by atoms with E-state index < -0.39 is 0 Å². The third-order valence-electron chi connectivity index (χ3n) is 4.70. The van der Waals surface area contributed by atoms with Crippen molar-refractivity contribution in [1.29, 1.82) is 0 Å². The summed E-state index contributed by atoms with van der Waals surface area (Å²) in [5, 5.41) is 13.2. The number of halogens is 1. The van der Waals surface area contributed by atoms with Crippen LogP contribution in [0.15, 0.2) is 22.7 Å². The van der Waals surface area contributed by atoms with Gasteiger partial charge in [0, 0.05) is 32.2 Å². The van der Waals surface area contributed by atoms with Gasteiger partial charge in [-0.25, -0.2) is 0 Å². The number of nitrogens with one attached hydrogen (secondary N) is 1. The van der Waals surface area contributed by atoms with Crippen LogP contribution in [0.2, 0.25) is 0 Å². The van der Waals surface area contributed by atoms with Crippen LogP contribution in [-0.2, 0) is 0 Å². The Morgan fingerprint density at radius 2 is 1.90 bits per heavy atom. The standard InChI is InChI=1S/C16H23BrN2O/c17-14-11-13(5-6-15(14)20)16(12-3-1-2-4-12)19-9-7-18-8-10-19/h5-6,11-12,16,18,20H,1-4,7-10H2/t16-/m0/s1. The summed E-state index contributed by atoms with van der Waals surface area (Å²) in [6.07, 6.45) is 5.42. The summed E-state index contributed by atoms with van der Waals surface area (Å²) < 4.78 is 0.813. The Kier molecular flexibility index (Phi) is 4.64. The van der Waals surface area contributed by atoms with E-state index in [1.54, 1.807) is 0 Å². The topological polar surface area (TPSA) is 35.5 Å². The van der Waals surface area contributed by atoms with Gasteiger partial charge in [-0.05, 0) is 52.4 Å². The summed E-state index contributed by atoms with van der Waals surface area (Å²) in [5.41, 5.74) is 1.35. The van der Waals surface area contributed by atoms with Crippen molar-refractivity contribution in [2.24, 2.45) is 5.92 Å². The summed E-state index contributed by atoms with van der Waals surface area (Å²) in [7, 11) is 0. The molecule has 1 atom stereocenters. The van der Waals surface area contributed by atoms with Crippen LogP contribution in [0.3, 0.4) is 0 Å². The Balaban J connectivity index is 1.88. The molecule has 2 fully saturated rings. The maximum Gasteiger partial charge on any atom is 0.129 e. The molecule has 0 spiro atoms. The van der Waals surface area contributed by atoms with E-state index in [-0.39, 0.29) is 0 Å². The Labute approximate surface area is 129 Å². The molecule has 1 aliphatic carbocycles. The second-order valence-corrected chi connectivity index (χ2v) is 6.84. The number of hydrogen-bond acceptors (Lipinski definition) is 3. The molecule has 1 aromatic rings. The molecule has 2 aliphatic rings. The molecule has 4 heteroatoms. The molecule has 2 N–H and O–H groups in total. The molecule has 0 radical (unpaired) electrons. The normalized spacial score (nSPS) is 23.1. The predicted molar refractivity (Wildman–Crippen MR) is 84.9 cm³/mol. The first-order valence-electron chi connectivity index (χ1n) is 7.69. The molecule has 1 aliphatic heterocycles. The zero-order valence-corrected chi connectivity index (χ0v) is 13.4. The summed E-state index contributed by atoms with van der Waals surface area (Å²) in [6.45, 7) is 4.42. The van der Waals surface area contributed by atoms with Crippen molar-refractivity contribution in [1.82, 2.24) is 10.2 Å². The number of aromatic hydroxyl groups is 1. The van der Waals surface area contributed by atoms with Crippen LogP contribution in [0, 0.1) is 5.92 Å². The zero-order chi connectivity index (χ0) is 13.9. The number of phenolic OH excluding ortho intramolecular Hbond substituents is 1. The first kappa shape index (κ1) is 14.4. The fourth-order valence-corrected chi connectivity index (χ4v) is 4.12. The molecule has 1 heterocycles. The van der Waals surface area contributed by atoms with Crippen molar-refractivity contribution in [3.63, 3.8) is 0 Å². The average Bonchev–Trinajstić information content (AvgIpc) is 2.98. The summed E-state index contributed by atoms with van der Waals surface area (Å²) in [4.78, 5) is 2.63. The molecule has 3 nitrogen and oxygen atoms in total. The van der Waals surface area contributed by atoms with Crippen LogP contribution in [-0.4, -0.2) is 36.2 Å². The first-order valence-corrected chi connectivity index (χ1v) is 8.48. The van der Waals surface area contributed by atoms with Crippen molar-refractivity contribution in [2.45, 2.75) is 31.7 Å². The van der Waals surface area contributed by atoms with Gasteiger partial charge in [0.1, 0.15) is 5.75 Å². The largest absolute Gasteiger partial charge is 0.507 e. The van der Waals surface area contributed by atoms with Gasteiger partial charge in [0.2, 0.25) is 0 Å². The second kappa shape index (κ2) is 6.46. The fourth-order valence-electron chi connectivity index (χ4n) is 3.72. The van der Waals surface area contributed by atoms with Crippen LogP contribution < -0.4 is 5.32 Å². The summed E-state index contributed by atoms with van der Waals surface area (Å²) in [5.74, 6) is 1.10. The van der Waals surface area contributed by atoms with E-state index in [0.29, 0.717) is 11.8 Å². The molecule has 1 aromatic carbocycles. The van der Waals surface area contributed by atoms with Crippen molar-refractivity contribution < 1.29 is 5.11 Å². The van der Waals surface area contributed by atoms with Gasteiger partial charge in [0.25, 0.3) is 0 Å². The van der Waals surface area contributed by atoms with E-state index in [1.807, 2.05) is 6.07 Å². The lowest BCUT2D eigenvalue weighted by molar-refractivity contribution is 0.125. The number of hydrogen-bond donors (Lipinski definition) is 2. The highest BCUT2D eigenvalue weighted by molar-refractivity contribution is 9.10. The maximum atomic E-state index is 9.73. The molecule has 110 valence electrons. The Morgan fingerprint density at radius 3 is 2.55 bits per heavy atom. The van der Waals surface area contributed by atoms with Gasteiger partial charge >= 0.3 is 0 Å². The number of benzene rings is 1. The van der Waals surface area contributed by atoms with Crippen molar-refractivity contribution in [3.05, 3.63) is 28.2 Å². The number of rotatable bonds is 3.